The molecule has 0 aliphatic rings. The van der Waals surface area contributed by atoms with Gasteiger partial charge in [-0.2, -0.15) is 0 Å². The van der Waals surface area contributed by atoms with Crippen LogP contribution in [0.1, 0.15) is 30.7 Å². The fourth-order valence-electron chi connectivity index (χ4n) is 1.17. The molecule has 0 fully saturated rings. The quantitative estimate of drug-likeness (QED) is 0.491. The van der Waals surface area contributed by atoms with Crippen molar-refractivity contribution < 1.29 is 9.63 Å². The van der Waals surface area contributed by atoms with Gasteiger partial charge < -0.3 is 0 Å². The first-order valence-electron chi connectivity index (χ1n) is 5.46. The zero-order valence-electron chi connectivity index (χ0n) is 9.58. The van der Waals surface area contributed by atoms with Gasteiger partial charge in [-0.15, -0.1) is 11.6 Å². The van der Waals surface area contributed by atoms with Crippen LogP contribution in [0.5, 0.6) is 0 Å². The minimum atomic E-state index is -0.770. The zero-order chi connectivity index (χ0) is 12.7. The van der Waals surface area contributed by atoms with E-state index in [9.17, 15) is 4.79 Å². The van der Waals surface area contributed by atoms with Gasteiger partial charge in [-0.1, -0.05) is 37.1 Å². The van der Waals surface area contributed by atoms with E-state index in [-0.39, 0.29) is 5.91 Å². The lowest BCUT2D eigenvalue weighted by atomic mass is 10.1. The van der Waals surface area contributed by atoms with E-state index in [0.717, 1.165) is 12.8 Å². The van der Waals surface area contributed by atoms with Gasteiger partial charge in [0.05, 0.1) is 6.61 Å². The monoisotopic (exact) mass is 275 g/mol. The Morgan fingerprint density at radius 2 is 2.06 bits per heavy atom. The molecule has 0 spiro atoms. The summed E-state index contributed by atoms with van der Waals surface area (Å²) in [4.78, 5) is 16.6. The molecular formula is C12H15Cl2NO2. The molecule has 1 amide bonds. The third kappa shape index (κ3) is 4.94. The maximum Gasteiger partial charge on any atom is 0.266 e. The van der Waals surface area contributed by atoms with E-state index in [0.29, 0.717) is 17.2 Å². The number of unbranched alkanes of at least 4 members (excludes halogenated alkanes) is 1. The number of carbonyl (C=O) groups is 1. The lowest BCUT2D eigenvalue weighted by molar-refractivity contribution is -0.133. The number of hydrogen-bond donors (Lipinski definition) is 1. The molecule has 0 heterocycles. The molecule has 3 nitrogen and oxygen atoms in total. The third-order valence-electron chi connectivity index (χ3n) is 2.17. The molecule has 5 heteroatoms. The van der Waals surface area contributed by atoms with Crippen molar-refractivity contribution in [3.8, 4) is 0 Å². The summed E-state index contributed by atoms with van der Waals surface area (Å²) in [7, 11) is 0. The molecule has 17 heavy (non-hydrogen) atoms. The van der Waals surface area contributed by atoms with Crippen LogP contribution in [0.3, 0.4) is 0 Å². The average molecular weight is 276 g/mol. The van der Waals surface area contributed by atoms with Gasteiger partial charge in [-0.05, 0) is 24.1 Å². The molecule has 0 saturated heterocycles. The number of amides is 1. The summed E-state index contributed by atoms with van der Waals surface area (Å²) < 4.78 is 0. The Morgan fingerprint density at radius 3 is 2.65 bits per heavy atom. The van der Waals surface area contributed by atoms with E-state index in [1.807, 2.05) is 6.92 Å². The van der Waals surface area contributed by atoms with Crippen molar-refractivity contribution in [3.05, 3.63) is 34.9 Å². The summed E-state index contributed by atoms with van der Waals surface area (Å²) in [6.07, 6.45) is 1.91. The van der Waals surface area contributed by atoms with Crippen molar-refractivity contribution in [3.63, 3.8) is 0 Å². The lowest BCUT2D eigenvalue weighted by Crippen LogP contribution is -2.27. The zero-order valence-corrected chi connectivity index (χ0v) is 11.1. The molecule has 0 bridgehead atoms. The van der Waals surface area contributed by atoms with Crippen molar-refractivity contribution in [2.75, 3.05) is 6.61 Å². The maximum atomic E-state index is 11.6. The van der Waals surface area contributed by atoms with E-state index in [1.54, 1.807) is 24.3 Å². The molecule has 0 saturated carbocycles. The second-order valence-electron chi connectivity index (χ2n) is 3.58. The number of halogens is 2. The van der Waals surface area contributed by atoms with Gasteiger partial charge >= 0.3 is 0 Å². The fraction of sp³-hybridized carbons (Fsp3) is 0.417. The molecule has 0 aliphatic carbocycles. The molecule has 1 aromatic carbocycles. The Balaban J connectivity index is 2.43. The largest absolute Gasteiger partial charge is 0.274 e. The minimum Gasteiger partial charge on any atom is -0.274 e. The normalized spacial score (nSPS) is 12.2. The smallest absolute Gasteiger partial charge is 0.266 e. The number of alkyl halides is 1. The van der Waals surface area contributed by atoms with E-state index < -0.39 is 5.38 Å². The van der Waals surface area contributed by atoms with Gasteiger partial charge in [-0.3, -0.25) is 9.63 Å². The predicted molar refractivity (Wildman–Crippen MR) is 69.0 cm³/mol. The second-order valence-corrected chi connectivity index (χ2v) is 4.46. The Bertz CT molecular complexity index is 354. The highest BCUT2D eigenvalue weighted by Crippen LogP contribution is 2.22. The standard InChI is InChI=1S/C12H15Cl2NO2/c1-2-3-8-17-15-12(16)11(14)9-4-6-10(13)7-5-9/h4-7,11H,2-3,8H2,1H3,(H,15,16). The van der Waals surface area contributed by atoms with Gasteiger partial charge in [0, 0.05) is 5.02 Å². The summed E-state index contributed by atoms with van der Waals surface area (Å²) in [5.74, 6) is -0.370. The summed E-state index contributed by atoms with van der Waals surface area (Å²) in [6.45, 7) is 2.54. The van der Waals surface area contributed by atoms with E-state index in [4.69, 9.17) is 28.0 Å². The van der Waals surface area contributed by atoms with Crippen LogP contribution in [0.15, 0.2) is 24.3 Å². The van der Waals surface area contributed by atoms with E-state index in [2.05, 4.69) is 5.48 Å². The molecule has 1 rings (SSSR count). The molecule has 94 valence electrons. The third-order valence-corrected chi connectivity index (χ3v) is 2.87. The molecule has 1 atom stereocenters. The van der Waals surface area contributed by atoms with Gasteiger partial charge in [0.15, 0.2) is 0 Å². The number of hydroxylamine groups is 1. The van der Waals surface area contributed by atoms with Crippen LogP contribution in [0, 0.1) is 0 Å². The van der Waals surface area contributed by atoms with Gasteiger partial charge in [0.25, 0.3) is 5.91 Å². The van der Waals surface area contributed by atoms with Gasteiger partial charge in [0.1, 0.15) is 5.38 Å². The van der Waals surface area contributed by atoms with Crippen LogP contribution >= 0.6 is 23.2 Å². The van der Waals surface area contributed by atoms with Crippen LogP contribution in [0.2, 0.25) is 5.02 Å². The van der Waals surface area contributed by atoms with Crippen LogP contribution in [-0.4, -0.2) is 12.5 Å². The summed E-state index contributed by atoms with van der Waals surface area (Å²) >= 11 is 11.7. The van der Waals surface area contributed by atoms with Gasteiger partial charge in [-0.25, -0.2) is 5.48 Å². The van der Waals surface area contributed by atoms with Crippen LogP contribution in [-0.2, 0) is 9.63 Å². The van der Waals surface area contributed by atoms with Crippen LogP contribution < -0.4 is 5.48 Å². The highest BCUT2D eigenvalue weighted by molar-refractivity contribution is 6.31. The van der Waals surface area contributed by atoms with Crippen molar-refractivity contribution in [2.24, 2.45) is 0 Å². The van der Waals surface area contributed by atoms with E-state index >= 15 is 0 Å². The Hall–Kier alpha value is -0.770. The molecule has 1 aromatic rings. The number of hydrogen-bond acceptors (Lipinski definition) is 2. The number of benzene rings is 1. The SMILES string of the molecule is CCCCONC(=O)C(Cl)c1ccc(Cl)cc1. The first kappa shape index (κ1) is 14.3. The fourth-order valence-corrected chi connectivity index (χ4v) is 1.49. The summed E-state index contributed by atoms with van der Waals surface area (Å²) in [5.41, 5.74) is 3.01. The minimum absolute atomic E-state index is 0.370. The molecule has 0 aromatic heterocycles. The van der Waals surface area contributed by atoms with Crippen molar-refractivity contribution in [1.29, 1.82) is 0 Å². The molecular weight excluding hydrogens is 261 g/mol. The van der Waals surface area contributed by atoms with Gasteiger partial charge in [0.2, 0.25) is 0 Å². The maximum absolute atomic E-state index is 11.6. The van der Waals surface area contributed by atoms with E-state index in [1.165, 1.54) is 0 Å². The molecule has 0 aliphatic heterocycles. The van der Waals surface area contributed by atoms with Crippen LogP contribution in [0.25, 0.3) is 0 Å². The van der Waals surface area contributed by atoms with Crippen molar-refractivity contribution in [1.82, 2.24) is 5.48 Å². The Labute approximate surface area is 111 Å². The lowest BCUT2D eigenvalue weighted by Gasteiger charge is -2.10. The van der Waals surface area contributed by atoms with Crippen molar-refractivity contribution in [2.45, 2.75) is 25.1 Å². The number of rotatable bonds is 6. The molecule has 1 unspecified atom stereocenters. The van der Waals surface area contributed by atoms with Crippen LogP contribution in [0.4, 0.5) is 0 Å². The summed E-state index contributed by atoms with van der Waals surface area (Å²) in [5, 5.41) is -0.161. The first-order chi connectivity index (χ1) is 8.15. The highest BCUT2D eigenvalue weighted by Gasteiger charge is 2.17. The Morgan fingerprint density at radius 1 is 1.41 bits per heavy atom. The first-order valence-corrected chi connectivity index (χ1v) is 6.27. The molecule has 1 N–H and O–H groups in total. The van der Waals surface area contributed by atoms with Crippen molar-refractivity contribution >= 4 is 29.1 Å². The second kappa shape index (κ2) is 7.54. The number of carbonyl (C=O) groups excluding carboxylic acids is 1. The average Bonchev–Trinajstić information content (AvgIpc) is 2.34. The molecule has 0 radical (unpaired) electrons. The predicted octanol–water partition coefficient (Wildman–Crippen LogP) is 3.47. The summed E-state index contributed by atoms with van der Waals surface area (Å²) in [6, 6.07) is 6.81. The highest BCUT2D eigenvalue weighted by atomic mass is 35.5. The Kier molecular flexibility index (Phi) is 6.34. The number of nitrogens with one attached hydrogen (secondary N) is 1. The topological polar surface area (TPSA) is 38.3 Å².